The van der Waals surface area contributed by atoms with Crippen LogP contribution in [0.1, 0.15) is 88.1 Å². The average Bonchev–Trinajstić information content (AvgIpc) is 3.13. The van der Waals surface area contributed by atoms with Crippen molar-refractivity contribution in [3.8, 4) is 0 Å². The molecule has 1 nitrogen and oxygen atoms in total. The summed E-state index contributed by atoms with van der Waals surface area (Å²) in [5.41, 5.74) is 2.29. The summed E-state index contributed by atoms with van der Waals surface area (Å²) < 4.78 is -0.183. The van der Waals surface area contributed by atoms with E-state index in [4.69, 9.17) is 0 Å². The van der Waals surface area contributed by atoms with E-state index in [-0.39, 0.29) is 15.6 Å². The number of rotatable bonds is 10. The molecule has 0 radical (unpaired) electrons. The van der Waals surface area contributed by atoms with Gasteiger partial charge in [-0.2, -0.15) is 0 Å². The highest BCUT2D eigenvalue weighted by Gasteiger charge is 2.46. The standard InChI is InChI=1S/C22H35OS/c1-4-5-6-7-8-9-12-19-13-15-20(16-14-19)21(23)22(2,3)24-17-10-11-18-24/h13-16H,4-12,17-18H2,1-3H3/q+1. The molecule has 0 amide bonds. The predicted octanol–water partition coefficient (Wildman–Crippen LogP) is 5.96. The normalized spacial score (nSPS) is 15.8. The van der Waals surface area contributed by atoms with Gasteiger partial charge in [-0.15, -0.1) is 0 Å². The number of carbonyl (C=O) groups excluding carboxylic acids is 1. The number of unbranched alkanes of at least 4 members (excludes halogenated alkanes) is 5. The monoisotopic (exact) mass is 347 g/mol. The van der Waals surface area contributed by atoms with Crippen molar-refractivity contribution in [1.82, 2.24) is 0 Å². The summed E-state index contributed by atoms with van der Waals surface area (Å²) in [6.07, 6.45) is 11.8. The Hall–Kier alpha value is -0.760. The summed E-state index contributed by atoms with van der Waals surface area (Å²) in [6.45, 7) is 6.58. The van der Waals surface area contributed by atoms with Gasteiger partial charge < -0.3 is 0 Å². The minimum Gasteiger partial charge on any atom is -0.288 e. The number of benzene rings is 1. The van der Waals surface area contributed by atoms with Crippen molar-refractivity contribution in [2.45, 2.75) is 83.3 Å². The number of carbonyl (C=O) groups is 1. The van der Waals surface area contributed by atoms with E-state index in [1.807, 2.05) is 0 Å². The average molecular weight is 348 g/mol. The summed E-state index contributed by atoms with van der Waals surface area (Å²) in [5, 5.41) is 0. The van der Waals surface area contributed by atoms with Crippen molar-refractivity contribution in [3.05, 3.63) is 35.4 Å². The Kier molecular flexibility index (Phi) is 7.87. The van der Waals surface area contributed by atoms with Crippen LogP contribution < -0.4 is 0 Å². The molecule has 1 aromatic rings. The molecule has 0 bridgehead atoms. The quantitative estimate of drug-likeness (QED) is 0.290. The van der Waals surface area contributed by atoms with Crippen LogP contribution in [0, 0.1) is 0 Å². The SMILES string of the molecule is CCCCCCCCc1ccc(C(=O)C(C)(C)[S+]2CCCC2)cc1. The molecule has 2 heteroatoms. The van der Waals surface area contributed by atoms with Crippen LogP contribution in [0.15, 0.2) is 24.3 Å². The smallest absolute Gasteiger partial charge is 0.217 e. The van der Waals surface area contributed by atoms with Crippen LogP contribution in [0.3, 0.4) is 0 Å². The first-order chi connectivity index (χ1) is 11.6. The van der Waals surface area contributed by atoms with E-state index in [0.717, 1.165) is 12.0 Å². The van der Waals surface area contributed by atoms with Crippen LogP contribution in [0.25, 0.3) is 0 Å². The highest BCUT2D eigenvalue weighted by Crippen LogP contribution is 2.30. The van der Waals surface area contributed by atoms with Gasteiger partial charge in [-0.1, -0.05) is 63.3 Å². The van der Waals surface area contributed by atoms with Gasteiger partial charge in [0.2, 0.25) is 5.78 Å². The second-order valence-corrected chi connectivity index (χ2v) is 10.5. The van der Waals surface area contributed by atoms with E-state index in [1.165, 1.54) is 68.4 Å². The van der Waals surface area contributed by atoms with Crippen LogP contribution in [-0.2, 0) is 17.3 Å². The first-order valence-electron chi connectivity index (χ1n) is 9.87. The molecular weight excluding hydrogens is 312 g/mol. The molecule has 2 rings (SSSR count). The fourth-order valence-corrected chi connectivity index (χ4v) is 6.29. The number of hydrogen-bond acceptors (Lipinski definition) is 1. The predicted molar refractivity (Wildman–Crippen MR) is 108 cm³/mol. The zero-order valence-electron chi connectivity index (χ0n) is 15.9. The Balaban J connectivity index is 1.83. The largest absolute Gasteiger partial charge is 0.288 e. The second-order valence-electron chi connectivity index (χ2n) is 7.66. The van der Waals surface area contributed by atoms with E-state index >= 15 is 0 Å². The summed E-state index contributed by atoms with van der Waals surface area (Å²) in [5.74, 6) is 2.84. The third kappa shape index (κ3) is 5.37. The van der Waals surface area contributed by atoms with Gasteiger partial charge in [0.25, 0.3) is 0 Å². The van der Waals surface area contributed by atoms with Crippen LogP contribution >= 0.6 is 0 Å². The molecule has 1 aliphatic rings. The lowest BCUT2D eigenvalue weighted by atomic mass is 9.97. The Morgan fingerprint density at radius 1 is 0.958 bits per heavy atom. The van der Waals surface area contributed by atoms with E-state index in [1.54, 1.807) is 0 Å². The molecule has 1 fully saturated rings. The molecule has 0 atom stereocenters. The summed E-state index contributed by atoms with van der Waals surface area (Å²) in [4.78, 5) is 12.9. The first kappa shape index (κ1) is 19.6. The lowest BCUT2D eigenvalue weighted by molar-refractivity contribution is 0.0956. The molecule has 1 aromatic carbocycles. The zero-order chi connectivity index (χ0) is 17.4. The highest BCUT2D eigenvalue weighted by atomic mass is 32.2. The van der Waals surface area contributed by atoms with E-state index < -0.39 is 0 Å². The van der Waals surface area contributed by atoms with Crippen LogP contribution in [0.5, 0.6) is 0 Å². The number of aryl methyl sites for hydroxylation is 1. The maximum absolute atomic E-state index is 12.9. The van der Waals surface area contributed by atoms with Crippen LogP contribution in [0.4, 0.5) is 0 Å². The Morgan fingerprint density at radius 2 is 1.54 bits per heavy atom. The fourth-order valence-electron chi connectivity index (χ4n) is 3.58. The number of ketones is 1. The Morgan fingerprint density at radius 3 is 2.17 bits per heavy atom. The third-order valence-corrected chi connectivity index (χ3v) is 8.53. The van der Waals surface area contributed by atoms with Gasteiger partial charge >= 0.3 is 0 Å². The summed E-state index contributed by atoms with van der Waals surface area (Å²) in [6, 6.07) is 8.48. The van der Waals surface area contributed by atoms with E-state index in [0.29, 0.717) is 5.78 Å². The third-order valence-electron chi connectivity index (χ3n) is 5.34. The molecule has 24 heavy (non-hydrogen) atoms. The molecule has 0 unspecified atom stereocenters. The van der Waals surface area contributed by atoms with Gasteiger partial charge in [0, 0.05) is 16.5 Å². The van der Waals surface area contributed by atoms with Gasteiger partial charge in [-0.25, -0.2) is 0 Å². The molecule has 0 aliphatic carbocycles. The van der Waals surface area contributed by atoms with Gasteiger partial charge in [0.15, 0.2) is 4.75 Å². The molecule has 1 saturated heterocycles. The molecule has 0 saturated carbocycles. The van der Waals surface area contributed by atoms with Crippen molar-refractivity contribution in [3.63, 3.8) is 0 Å². The lowest BCUT2D eigenvalue weighted by Gasteiger charge is -2.21. The van der Waals surface area contributed by atoms with Gasteiger partial charge in [-0.3, -0.25) is 4.79 Å². The number of Topliss-reactive ketones (excluding diaryl/α,β-unsaturated/α-hetero) is 1. The van der Waals surface area contributed by atoms with Crippen molar-refractivity contribution in [2.24, 2.45) is 0 Å². The lowest BCUT2D eigenvalue weighted by Crippen LogP contribution is -2.41. The Bertz CT molecular complexity index is 497. The van der Waals surface area contributed by atoms with Crippen LogP contribution in [-0.4, -0.2) is 22.0 Å². The van der Waals surface area contributed by atoms with Gasteiger partial charge in [0.05, 0.1) is 0 Å². The zero-order valence-corrected chi connectivity index (χ0v) is 16.7. The molecule has 1 heterocycles. The van der Waals surface area contributed by atoms with E-state index in [2.05, 4.69) is 45.0 Å². The van der Waals surface area contributed by atoms with Crippen molar-refractivity contribution in [1.29, 1.82) is 0 Å². The minimum absolute atomic E-state index is 0.183. The Labute approximate surface area is 152 Å². The second kappa shape index (κ2) is 9.65. The van der Waals surface area contributed by atoms with Crippen LogP contribution in [0.2, 0.25) is 0 Å². The summed E-state index contributed by atoms with van der Waals surface area (Å²) >= 11 is 0. The molecular formula is C22H35OS+. The topological polar surface area (TPSA) is 17.1 Å². The van der Waals surface area contributed by atoms with Gasteiger partial charge in [-0.05, 0) is 45.1 Å². The van der Waals surface area contributed by atoms with Gasteiger partial charge in [0.1, 0.15) is 11.5 Å². The molecule has 0 spiro atoms. The molecule has 0 N–H and O–H groups in total. The fraction of sp³-hybridized carbons (Fsp3) is 0.682. The van der Waals surface area contributed by atoms with Crippen molar-refractivity contribution >= 4 is 16.7 Å². The summed E-state index contributed by atoms with van der Waals surface area (Å²) in [7, 11) is 0.268. The maximum Gasteiger partial charge on any atom is 0.217 e. The molecule has 134 valence electrons. The molecule has 1 aliphatic heterocycles. The highest BCUT2D eigenvalue weighted by molar-refractivity contribution is 7.99. The van der Waals surface area contributed by atoms with Crippen molar-refractivity contribution < 1.29 is 4.79 Å². The first-order valence-corrected chi connectivity index (χ1v) is 11.4. The van der Waals surface area contributed by atoms with E-state index in [9.17, 15) is 4.79 Å². The maximum atomic E-state index is 12.9. The van der Waals surface area contributed by atoms with Crippen molar-refractivity contribution in [2.75, 3.05) is 11.5 Å². The molecule has 0 aromatic heterocycles. The minimum atomic E-state index is -0.183. The number of hydrogen-bond donors (Lipinski definition) is 0.